The van der Waals surface area contributed by atoms with Gasteiger partial charge in [-0.15, -0.1) is 0 Å². The molecule has 12 heteroatoms. The second kappa shape index (κ2) is 10.9. The number of esters is 1. The zero-order chi connectivity index (χ0) is 23.9. The van der Waals surface area contributed by atoms with E-state index < -0.39 is 47.3 Å². The number of rotatable bonds is 10. The quantitative estimate of drug-likeness (QED) is 0.201. The highest BCUT2D eigenvalue weighted by Gasteiger charge is 2.31. The highest BCUT2D eigenvalue weighted by Crippen LogP contribution is 2.37. The van der Waals surface area contributed by atoms with Crippen molar-refractivity contribution in [2.75, 3.05) is 19.8 Å². The molecule has 0 aliphatic carbocycles. The van der Waals surface area contributed by atoms with Crippen molar-refractivity contribution in [2.45, 2.75) is 19.5 Å². The summed E-state index contributed by atoms with van der Waals surface area (Å²) >= 11 is 5.84. The lowest BCUT2D eigenvalue weighted by atomic mass is 10.1. The molecule has 0 radical (unpaired) electrons. The minimum Gasteiger partial charge on any atom is -0.464 e. The number of nitro groups is 1. The van der Waals surface area contributed by atoms with Crippen LogP contribution >= 0.6 is 11.6 Å². The van der Waals surface area contributed by atoms with Crippen LogP contribution < -0.4 is 4.74 Å². The minimum absolute atomic E-state index is 0.0806. The molecule has 0 aromatic heterocycles. The monoisotopic (exact) mass is 475 g/mol. The van der Waals surface area contributed by atoms with Crippen molar-refractivity contribution in [3.63, 3.8) is 0 Å². The van der Waals surface area contributed by atoms with Crippen LogP contribution in [0.25, 0.3) is 0 Å². The highest BCUT2D eigenvalue weighted by atomic mass is 35.5. The molecule has 0 aliphatic rings. The molecule has 0 spiro atoms. The van der Waals surface area contributed by atoms with Crippen molar-refractivity contribution in [1.82, 2.24) is 0 Å². The van der Waals surface area contributed by atoms with Gasteiger partial charge in [-0.2, -0.15) is 13.2 Å². The van der Waals surface area contributed by atoms with Gasteiger partial charge in [-0.05, 0) is 36.8 Å². The summed E-state index contributed by atoms with van der Waals surface area (Å²) in [5.41, 5.74) is -1.90. The minimum atomic E-state index is -4.60. The molecule has 0 N–H and O–H groups in total. The normalized spacial score (nSPS) is 11.2. The third-order valence-electron chi connectivity index (χ3n) is 3.87. The van der Waals surface area contributed by atoms with E-state index >= 15 is 0 Å². The largest absolute Gasteiger partial charge is 0.464 e. The summed E-state index contributed by atoms with van der Waals surface area (Å²) in [6.07, 6.45) is -4.00. The number of alkyl halides is 3. The van der Waals surface area contributed by atoms with E-state index in [1.807, 2.05) is 0 Å². The van der Waals surface area contributed by atoms with Crippen LogP contribution in [0, 0.1) is 10.1 Å². The van der Waals surface area contributed by atoms with Gasteiger partial charge in [-0.25, -0.2) is 4.79 Å². The smallest absolute Gasteiger partial charge is 0.416 e. The molecule has 8 nitrogen and oxygen atoms in total. The number of carbonyl (C=O) groups excluding carboxylic acids is 2. The van der Waals surface area contributed by atoms with Gasteiger partial charge in [0.25, 0.3) is 5.69 Å². The zero-order valence-corrected chi connectivity index (χ0v) is 17.4. The number of nitrogens with zero attached hydrogens (tertiary/aromatic N) is 1. The van der Waals surface area contributed by atoms with Crippen LogP contribution in [-0.2, 0) is 20.4 Å². The Balaban J connectivity index is 2.18. The van der Waals surface area contributed by atoms with E-state index in [0.717, 1.165) is 30.3 Å². The van der Waals surface area contributed by atoms with Crippen LogP contribution in [0.15, 0.2) is 36.4 Å². The fourth-order valence-corrected chi connectivity index (χ4v) is 2.63. The first-order valence-electron chi connectivity index (χ1n) is 9.12. The van der Waals surface area contributed by atoms with Gasteiger partial charge < -0.3 is 14.2 Å². The van der Waals surface area contributed by atoms with Crippen molar-refractivity contribution in [2.24, 2.45) is 0 Å². The first kappa shape index (κ1) is 25.1. The van der Waals surface area contributed by atoms with Gasteiger partial charge in [0.2, 0.25) is 0 Å². The van der Waals surface area contributed by atoms with E-state index in [-0.39, 0.29) is 28.7 Å². The summed E-state index contributed by atoms with van der Waals surface area (Å²) in [5, 5.41) is 10.9. The molecule has 2 aromatic carbocycles. The Morgan fingerprint density at radius 3 is 2.44 bits per heavy atom. The Bertz CT molecular complexity index is 1010. The molecule has 172 valence electrons. The van der Waals surface area contributed by atoms with Gasteiger partial charge in [0.1, 0.15) is 30.3 Å². The highest BCUT2D eigenvalue weighted by molar-refractivity contribution is 6.32. The topological polar surface area (TPSA) is 105 Å². The van der Waals surface area contributed by atoms with Gasteiger partial charge in [-0.1, -0.05) is 18.5 Å². The fraction of sp³-hybridized carbons (Fsp3) is 0.300. The van der Waals surface area contributed by atoms with E-state index in [9.17, 15) is 32.9 Å². The van der Waals surface area contributed by atoms with Crippen LogP contribution in [0.1, 0.15) is 29.3 Å². The average Bonchev–Trinajstić information content (AvgIpc) is 2.72. The maximum absolute atomic E-state index is 12.8. The first-order valence-corrected chi connectivity index (χ1v) is 9.50. The number of nitro benzene ring substituents is 1. The van der Waals surface area contributed by atoms with Gasteiger partial charge in [0.05, 0.1) is 22.1 Å². The van der Waals surface area contributed by atoms with Crippen molar-refractivity contribution in [3.05, 3.63) is 62.7 Å². The second-order valence-corrected chi connectivity index (χ2v) is 6.72. The lowest BCUT2D eigenvalue weighted by Gasteiger charge is -2.12. The number of ether oxygens (including phenoxy) is 3. The molecule has 2 rings (SSSR count). The van der Waals surface area contributed by atoms with Gasteiger partial charge in [0, 0.05) is 6.07 Å². The number of hydrogen-bond acceptors (Lipinski definition) is 7. The maximum Gasteiger partial charge on any atom is 0.416 e. The summed E-state index contributed by atoms with van der Waals surface area (Å²) in [4.78, 5) is 34.3. The van der Waals surface area contributed by atoms with E-state index in [2.05, 4.69) is 0 Å². The third-order valence-corrected chi connectivity index (χ3v) is 4.17. The van der Waals surface area contributed by atoms with Crippen molar-refractivity contribution < 1.29 is 41.9 Å². The second-order valence-electron chi connectivity index (χ2n) is 6.32. The molecule has 32 heavy (non-hydrogen) atoms. The van der Waals surface area contributed by atoms with Gasteiger partial charge in [-0.3, -0.25) is 14.9 Å². The molecule has 0 aliphatic heterocycles. The van der Waals surface area contributed by atoms with Crippen molar-refractivity contribution >= 4 is 29.0 Å². The van der Waals surface area contributed by atoms with Crippen LogP contribution in [-0.4, -0.2) is 36.5 Å². The Morgan fingerprint density at radius 2 is 1.84 bits per heavy atom. The molecule has 0 atom stereocenters. The van der Waals surface area contributed by atoms with Crippen LogP contribution in [0.4, 0.5) is 18.9 Å². The molecule has 0 heterocycles. The molecule has 0 bridgehead atoms. The van der Waals surface area contributed by atoms with Crippen LogP contribution in [0.2, 0.25) is 5.02 Å². The third kappa shape index (κ3) is 6.92. The van der Waals surface area contributed by atoms with Gasteiger partial charge >= 0.3 is 12.1 Å². The summed E-state index contributed by atoms with van der Waals surface area (Å²) in [7, 11) is 0. The number of Topliss-reactive ketones (excluding diaryl/α,β-unsaturated/α-hetero) is 1. The van der Waals surface area contributed by atoms with E-state index in [1.165, 1.54) is 0 Å². The number of benzene rings is 2. The number of ketones is 1. The average molecular weight is 476 g/mol. The summed E-state index contributed by atoms with van der Waals surface area (Å²) in [5.74, 6) is -1.74. The lowest BCUT2D eigenvalue weighted by molar-refractivity contribution is -0.385. The van der Waals surface area contributed by atoms with Gasteiger partial charge in [0.15, 0.2) is 5.78 Å². The molecule has 2 aromatic rings. The molecule has 0 amide bonds. The summed E-state index contributed by atoms with van der Waals surface area (Å²) in [6.45, 7) is 0.820. The number of halogens is 4. The Morgan fingerprint density at radius 1 is 1.12 bits per heavy atom. The Kier molecular flexibility index (Phi) is 8.56. The molecular weight excluding hydrogens is 459 g/mol. The fourth-order valence-electron chi connectivity index (χ4n) is 2.41. The van der Waals surface area contributed by atoms with E-state index in [1.54, 1.807) is 6.92 Å². The summed E-state index contributed by atoms with van der Waals surface area (Å²) in [6, 6.07) is 5.60. The van der Waals surface area contributed by atoms with E-state index in [4.69, 9.17) is 25.8 Å². The molecule has 0 unspecified atom stereocenters. The Hall–Kier alpha value is -3.18. The SMILES string of the molecule is CCCOC(=O)COCC(=O)c1cc(Oc2ccc(C(F)(F)F)cc2Cl)ccc1[N+](=O)[O-]. The number of hydrogen-bond donors (Lipinski definition) is 0. The molecular formula is C20H17ClF3NO7. The first-order chi connectivity index (χ1) is 15.0. The molecule has 0 fully saturated rings. The Labute approximate surface area is 185 Å². The van der Waals surface area contributed by atoms with Crippen molar-refractivity contribution in [3.8, 4) is 11.5 Å². The molecule has 0 saturated carbocycles. The predicted molar refractivity (Wildman–Crippen MR) is 106 cm³/mol. The van der Waals surface area contributed by atoms with Crippen LogP contribution in [0.5, 0.6) is 11.5 Å². The van der Waals surface area contributed by atoms with E-state index in [0.29, 0.717) is 12.5 Å². The predicted octanol–water partition coefficient (Wildman–Crippen LogP) is 5.21. The van der Waals surface area contributed by atoms with Crippen LogP contribution in [0.3, 0.4) is 0 Å². The maximum atomic E-state index is 12.8. The lowest BCUT2D eigenvalue weighted by Crippen LogP contribution is -2.18. The number of carbonyl (C=O) groups is 2. The standard InChI is InChI=1S/C20H17ClF3NO7/c1-2-7-31-19(27)11-30-10-17(26)14-9-13(4-5-16(14)25(28)29)32-18-6-3-12(8-15(18)21)20(22,23)24/h3-6,8-9H,2,7,10-11H2,1H3. The zero-order valence-electron chi connectivity index (χ0n) is 16.6. The summed E-state index contributed by atoms with van der Waals surface area (Å²) < 4.78 is 53.4. The van der Waals surface area contributed by atoms with Crippen molar-refractivity contribution in [1.29, 1.82) is 0 Å². The molecule has 0 saturated heterocycles.